The van der Waals surface area contributed by atoms with Crippen LogP contribution in [0.1, 0.15) is 0 Å². The molecule has 0 heterocycles. The molecule has 0 fully saturated rings. The molecule has 0 aliphatic heterocycles. The summed E-state index contributed by atoms with van der Waals surface area (Å²) in [5, 5.41) is 5.64. The summed E-state index contributed by atoms with van der Waals surface area (Å²) in [6, 6.07) is 14.6. The molecule has 0 saturated carbocycles. The third kappa shape index (κ3) is 4.47. The van der Waals surface area contributed by atoms with Gasteiger partial charge in [0.05, 0.1) is 15.2 Å². The van der Waals surface area contributed by atoms with E-state index in [1.165, 1.54) is 0 Å². The van der Waals surface area contributed by atoms with Crippen molar-refractivity contribution in [2.24, 2.45) is 0 Å². The van der Waals surface area contributed by atoms with E-state index < -0.39 is 0 Å². The number of hydrogen-bond acceptors (Lipinski definition) is 2. The number of carbonyl (C=O) groups is 1. The molecule has 3 aromatic rings. The summed E-state index contributed by atoms with van der Waals surface area (Å²) in [6.07, 6.45) is 0. The molecule has 0 radical (unpaired) electrons. The van der Waals surface area contributed by atoms with Crippen molar-refractivity contribution in [3.63, 3.8) is 0 Å². The smallest absolute Gasteiger partial charge is 0.262 e. The number of ether oxygens (including phenoxy) is 1. The van der Waals surface area contributed by atoms with Crippen molar-refractivity contribution in [1.29, 1.82) is 0 Å². The summed E-state index contributed by atoms with van der Waals surface area (Å²) >= 11 is 18.9. The number of nitrogens with one attached hydrogen (secondary N) is 1. The van der Waals surface area contributed by atoms with Gasteiger partial charge in [-0.15, -0.1) is 0 Å². The second-order valence-corrected chi connectivity index (χ2v) is 7.76. The Morgan fingerprint density at radius 3 is 2.60 bits per heavy atom. The molecule has 1 amide bonds. The van der Waals surface area contributed by atoms with Crippen molar-refractivity contribution in [3.05, 3.63) is 67.5 Å². The third-order valence-electron chi connectivity index (χ3n) is 3.44. The van der Waals surface area contributed by atoms with Crippen LogP contribution in [-0.2, 0) is 4.79 Å². The molecule has 0 unspecified atom stereocenters. The zero-order valence-electron chi connectivity index (χ0n) is 12.7. The van der Waals surface area contributed by atoms with Gasteiger partial charge in [-0.05, 0) is 63.1 Å². The quantitative estimate of drug-likeness (QED) is 0.431. The number of hydrogen-bond donors (Lipinski definition) is 1. The van der Waals surface area contributed by atoms with Gasteiger partial charge in [-0.1, -0.05) is 51.3 Å². The van der Waals surface area contributed by atoms with E-state index in [4.69, 9.17) is 27.9 Å². The Morgan fingerprint density at radius 1 is 1.04 bits per heavy atom. The molecule has 0 saturated heterocycles. The van der Waals surface area contributed by atoms with Gasteiger partial charge in [-0.2, -0.15) is 0 Å². The second kappa shape index (κ2) is 7.96. The van der Waals surface area contributed by atoms with Gasteiger partial charge >= 0.3 is 0 Å². The Kier molecular flexibility index (Phi) is 5.89. The van der Waals surface area contributed by atoms with Crippen molar-refractivity contribution >= 4 is 77.4 Å². The number of carbonyl (C=O) groups excluding carboxylic acids is 1. The van der Waals surface area contributed by atoms with Crippen LogP contribution < -0.4 is 10.1 Å². The highest BCUT2D eigenvalue weighted by atomic mass is 79.9. The van der Waals surface area contributed by atoms with Crippen LogP contribution in [0.2, 0.25) is 10.0 Å². The molecule has 25 heavy (non-hydrogen) atoms. The standard InChI is InChI=1S/C18H11Br2Cl2NO2/c19-11-2-4-13-10(7-11)1-6-16(18(13)20)25-9-17(24)23-15-5-3-12(21)8-14(15)22/h1-8H,9H2,(H,23,24). The maximum Gasteiger partial charge on any atom is 0.262 e. The monoisotopic (exact) mass is 501 g/mol. The van der Waals surface area contributed by atoms with Crippen LogP contribution in [0.5, 0.6) is 5.75 Å². The minimum atomic E-state index is -0.313. The molecule has 0 aliphatic rings. The fourth-order valence-electron chi connectivity index (χ4n) is 2.27. The second-order valence-electron chi connectivity index (χ2n) is 5.20. The Balaban J connectivity index is 1.70. The van der Waals surface area contributed by atoms with Crippen molar-refractivity contribution in [2.75, 3.05) is 11.9 Å². The molecule has 0 aliphatic carbocycles. The van der Waals surface area contributed by atoms with Gasteiger partial charge < -0.3 is 10.1 Å². The highest BCUT2D eigenvalue weighted by Gasteiger charge is 2.11. The topological polar surface area (TPSA) is 38.3 Å². The lowest BCUT2D eigenvalue weighted by atomic mass is 10.1. The highest BCUT2D eigenvalue weighted by Crippen LogP contribution is 2.34. The van der Waals surface area contributed by atoms with E-state index in [2.05, 4.69) is 37.2 Å². The lowest BCUT2D eigenvalue weighted by Gasteiger charge is -2.11. The number of fused-ring (bicyclic) bond motifs is 1. The van der Waals surface area contributed by atoms with E-state index in [1.54, 1.807) is 18.2 Å². The highest BCUT2D eigenvalue weighted by molar-refractivity contribution is 9.11. The minimum absolute atomic E-state index is 0.139. The Labute approximate surface area is 171 Å². The van der Waals surface area contributed by atoms with E-state index in [9.17, 15) is 4.79 Å². The molecular formula is C18H11Br2Cl2NO2. The lowest BCUT2D eigenvalue weighted by molar-refractivity contribution is -0.118. The summed E-state index contributed by atoms with van der Waals surface area (Å²) < 4.78 is 7.43. The number of rotatable bonds is 4. The van der Waals surface area contributed by atoms with Gasteiger partial charge in [0, 0.05) is 9.50 Å². The fourth-order valence-corrected chi connectivity index (χ4v) is 3.72. The fraction of sp³-hybridized carbons (Fsp3) is 0.0556. The summed E-state index contributed by atoms with van der Waals surface area (Å²) in [6.45, 7) is -0.139. The normalized spacial score (nSPS) is 10.7. The molecule has 3 nitrogen and oxygen atoms in total. The average Bonchev–Trinajstić information content (AvgIpc) is 2.57. The first-order valence-corrected chi connectivity index (χ1v) is 9.54. The van der Waals surface area contributed by atoms with E-state index >= 15 is 0 Å². The van der Waals surface area contributed by atoms with Gasteiger partial charge in [-0.3, -0.25) is 4.79 Å². The third-order valence-corrected chi connectivity index (χ3v) is 5.30. The summed E-state index contributed by atoms with van der Waals surface area (Å²) in [4.78, 5) is 12.1. The zero-order chi connectivity index (χ0) is 18.0. The molecule has 0 atom stereocenters. The summed E-state index contributed by atoms with van der Waals surface area (Å²) in [5.41, 5.74) is 0.488. The molecule has 1 N–H and O–H groups in total. The van der Waals surface area contributed by atoms with Gasteiger partial charge in [-0.25, -0.2) is 0 Å². The number of halogens is 4. The summed E-state index contributed by atoms with van der Waals surface area (Å²) in [5.74, 6) is 0.277. The Bertz CT molecular complexity index is 963. The number of benzene rings is 3. The van der Waals surface area contributed by atoms with Gasteiger partial charge in [0.25, 0.3) is 5.91 Å². The molecule has 128 valence electrons. The van der Waals surface area contributed by atoms with Crippen molar-refractivity contribution in [2.45, 2.75) is 0 Å². The van der Waals surface area contributed by atoms with Gasteiger partial charge in [0.15, 0.2) is 6.61 Å². The van der Waals surface area contributed by atoms with Gasteiger partial charge in [0.2, 0.25) is 0 Å². The molecule has 0 spiro atoms. The van der Waals surface area contributed by atoms with Crippen LogP contribution >= 0.6 is 55.1 Å². The first-order valence-electron chi connectivity index (χ1n) is 7.19. The van der Waals surface area contributed by atoms with Crippen LogP contribution in [0.25, 0.3) is 10.8 Å². The summed E-state index contributed by atoms with van der Waals surface area (Å²) in [7, 11) is 0. The van der Waals surface area contributed by atoms with Crippen molar-refractivity contribution in [1.82, 2.24) is 0 Å². The lowest BCUT2D eigenvalue weighted by Crippen LogP contribution is -2.20. The van der Waals surface area contributed by atoms with Crippen LogP contribution in [0.15, 0.2) is 57.5 Å². The molecule has 3 rings (SSSR count). The average molecular weight is 504 g/mol. The van der Waals surface area contributed by atoms with Crippen molar-refractivity contribution in [3.8, 4) is 5.75 Å². The van der Waals surface area contributed by atoms with E-state index in [1.807, 2.05) is 30.3 Å². The molecule has 7 heteroatoms. The Hall–Kier alpha value is -1.27. The molecule has 3 aromatic carbocycles. The SMILES string of the molecule is O=C(COc1ccc2cc(Br)ccc2c1Br)Nc1ccc(Cl)cc1Cl. The number of anilines is 1. The zero-order valence-corrected chi connectivity index (χ0v) is 17.3. The number of amides is 1. The van der Waals surface area contributed by atoms with Crippen LogP contribution in [0.3, 0.4) is 0 Å². The minimum Gasteiger partial charge on any atom is -0.483 e. The van der Waals surface area contributed by atoms with E-state index in [0.717, 1.165) is 19.7 Å². The molecule has 0 aromatic heterocycles. The van der Waals surface area contributed by atoms with Gasteiger partial charge in [0.1, 0.15) is 5.75 Å². The largest absolute Gasteiger partial charge is 0.483 e. The molecular weight excluding hydrogens is 493 g/mol. The Morgan fingerprint density at radius 2 is 1.84 bits per heavy atom. The van der Waals surface area contributed by atoms with Crippen LogP contribution in [0.4, 0.5) is 5.69 Å². The van der Waals surface area contributed by atoms with Crippen molar-refractivity contribution < 1.29 is 9.53 Å². The first kappa shape index (κ1) is 18.5. The van der Waals surface area contributed by atoms with E-state index in [-0.39, 0.29) is 12.5 Å². The van der Waals surface area contributed by atoms with Crippen LogP contribution in [0, 0.1) is 0 Å². The van der Waals surface area contributed by atoms with Crippen LogP contribution in [-0.4, -0.2) is 12.5 Å². The maximum absolute atomic E-state index is 12.1. The first-order chi connectivity index (χ1) is 11.9. The maximum atomic E-state index is 12.1. The predicted molar refractivity (Wildman–Crippen MR) is 110 cm³/mol. The molecule has 0 bridgehead atoms. The predicted octanol–water partition coefficient (Wildman–Crippen LogP) is 6.69. The van der Waals surface area contributed by atoms with E-state index in [0.29, 0.717) is 21.5 Å².